The van der Waals surface area contributed by atoms with E-state index in [1.54, 1.807) is 18.2 Å². The second kappa shape index (κ2) is 4.35. The number of hydrogen-bond acceptors (Lipinski definition) is 2. The Kier molecular flexibility index (Phi) is 3.39. The predicted molar refractivity (Wildman–Crippen MR) is 50.8 cm³/mol. The van der Waals surface area contributed by atoms with Gasteiger partial charge in [-0.25, -0.2) is 4.79 Å². The van der Waals surface area contributed by atoms with E-state index in [4.69, 9.17) is 28.9 Å². The van der Waals surface area contributed by atoms with Gasteiger partial charge in [0, 0.05) is 15.6 Å². The Morgan fingerprint density at radius 1 is 1.46 bits per heavy atom. The van der Waals surface area contributed by atoms with Crippen LogP contribution in [0.2, 0.25) is 10.0 Å². The van der Waals surface area contributed by atoms with Crippen LogP contribution < -0.4 is 5.73 Å². The lowest BCUT2D eigenvalue weighted by molar-refractivity contribution is 0.150. The van der Waals surface area contributed by atoms with E-state index in [0.29, 0.717) is 15.6 Å². The lowest BCUT2D eigenvalue weighted by Gasteiger charge is -2.03. The van der Waals surface area contributed by atoms with Crippen molar-refractivity contribution in [2.75, 3.05) is 0 Å². The summed E-state index contributed by atoms with van der Waals surface area (Å²) in [5, 5.41) is 0.988. The molecule has 13 heavy (non-hydrogen) atoms. The van der Waals surface area contributed by atoms with Crippen LogP contribution >= 0.6 is 23.2 Å². The molecule has 0 aromatic heterocycles. The highest BCUT2D eigenvalue weighted by Gasteiger charge is 2.02. The van der Waals surface area contributed by atoms with Gasteiger partial charge in [0.1, 0.15) is 6.61 Å². The van der Waals surface area contributed by atoms with Gasteiger partial charge >= 0.3 is 6.09 Å². The number of ether oxygens (including phenoxy) is 1. The minimum absolute atomic E-state index is 0.0608. The van der Waals surface area contributed by atoms with Crippen molar-refractivity contribution in [2.24, 2.45) is 5.73 Å². The highest BCUT2D eigenvalue weighted by atomic mass is 35.5. The molecule has 0 radical (unpaired) electrons. The van der Waals surface area contributed by atoms with Gasteiger partial charge in [-0.2, -0.15) is 0 Å². The van der Waals surface area contributed by atoms with Crippen LogP contribution in [0, 0.1) is 0 Å². The van der Waals surface area contributed by atoms with Gasteiger partial charge < -0.3 is 10.5 Å². The molecule has 0 atom stereocenters. The molecule has 70 valence electrons. The van der Waals surface area contributed by atoms with E-state index in [1.165, 1.54) is 0 Å². The summed E-state index contributed by atoms with van der Waals surface area (Å²) in [5.74, 6) is 0. The lowest BCUT2D eigenvalue weighted by Crippen LogP contribution is -2.12. The van der Waals surface area contributed by atoms with Gasteiger partial charge in [0.2, 0.25) is 0 Å². The van der Waals surface area contributed by atoms with Crippen molar-refractivity contribution in [3.05, 3.63) is 33.8 Å². The fourth-order valence-corrected chi connectivity index (χ4v) is 1.25. The number of halogens is 2. The van der Waals surface area contributed by atoms with E-state index in [1.807, 2.05) is 0 Å². The van der Waals surface area contributed by atoms with Gasteiger partial charge in [-0.3, -0.25) is 0 Å². The molecule has 0 unspecified atom stereocenters. The van der Waals surface area contributed by atoms with Crippen LogP contribution in [0.15, 0.2) is 18.2 Å². The Morgan fingerprint density at radius 3 is 2.69 bits per heavy atom. The highest BCUT2D eigenvalue weighted by molar-refractivity contribution is 6.35. The van der Waals surface area contributed by atoms with Crippen LogP contribution in [-0.2, 0) is 11.3 Å². The summed E-state index contributed by atoms with van der Waals surface area (Å²) in [6.45, 7) is 0.0608. The molecule has 0 heterocycles. The second-order valence-corrected chi connectivity index (χ2v) is 3.19. The Morgan fingerprint density at radius 2 is 2.15 bits per heavy atom. The molecule has 0 bridgehead atoms. The third kappa shape index (κ3) is 3.13. The zero-order valence-electron chi connectivity index (χ0n) is 6.59. The summed E-state index contributed by atoms with van der Waals surface area (Å²) in [7, 11) is 0. The molecule has 2 N–H and O–H groups in total. The van der Waals surface area contributed by atoms with Crippen molar-refractivity contribution in [1.29, 1.82) is 0 Å². The van der Waals surface area contributed by atoms with E-state index in [9.17, 15) is 4.79 Å². The largest absolute Gasteiger partial charge is 0.445 e. The van der Waals surface area contributed by atoms with Crippen LogP contribution in [0.25, 0.3) is 0 Å². The Labute approximate surface area is 85.4 Å². The van der Waals surface area contributed by atoms with Crippen LogP contribution in [0.3, 0.4) is 0 Å². The van der Waals surface area contributed by atoms with Crippen molar-refractivity contribution in [3.63, 3.8) is 0 Å². The van der Waals surface area contributed by atoms with Crippen LogP contribution in [0.1, 0.15) is 5.56 Å². The third-order valence-electron chi connectivity index (χ3n) is 1.39. The number of benzene rings is 1. The van der Waals surface area contributed by atoms with Crippen molar-refractivity contribution in [2.45, 2.75) is 6.61 Å². The monoisotopic (exact) mass is 219 g/mol. The SMILES string of the molecule is NC(=O)OCc1ccc(Cl)cc1Cl. The zero-order chi connectivity index (χ0) is 9.84. The minimum atomic E-state index is -0.828. The molecule has 0 aliphatic rings. The maximum absolute atomic E-state index is 10.3. The minimum Gasteiger partial charge on any atom is -0.445 e. The summed E-state index contributed by atoms with van der Waals surface area (Å²) in [4.78, 5) is 10.3. The first kappa shape index (κ1) is 10.2. The van der Waals surface area contributed by atoms with Crippen molar-refractivity contribution < 1.29 is 9.53 Å². The highest BCUT2D eigenvalue weighted by Crippen LogP contribution is 2.21. The number of rotatable bonds is 2. The first-order valence-electron chi connectivity index (χ1n) is 3.46. The predicted octanol–water partition coefficient (Wildman–Crippen LogP) is 2.59. The van der Waals surface area contributed by atoms with E-state index < -0.39 is 6.09 Å². The maximum atomic E-state index is 10.3. The standard InChI is InChI=1S/C8H7Cl2NO2/c9-6-2-1-5(7(10)3-6)4-13-8(11)12/h1-3H,4H2,(H2,11,12). The number of primary amides is 1. The molecule has 1 amide bonds. The van der Waals surface area contributed by atoms with Gasteiger partial charge in [-0.15, -0.1) is 0 Å². The van der Waals surface area contributed by atoms with Gasteiger partial charge in [0.15, 0.2) is 0 Å². The van der Waals surface area contributed by atoms with Crippen molar-refractivity contribution >= 4 is 29.3 Å². The average molecular weight is 220 g/mol. The first-order chi connectivity index (χ1) is 6.09. The summed E-state index contributed by atoms with van der Waals surface area (Å²) in [6.07, 6.45) is -0.828. The molecule has 0 saturated carbocycles. The topological polar surface area (TPSA) is 52.3 Å². The zero-order valence-corrected chi connectivity index (χ0v) is 8.10. The fraction of sp³-hybridized carbons (Fsp3) is 0.125. The Bertz CT molecular complexity index is 328. The summed E-state index contributed by atoms with van der Waals surface area (Å²) < 4.78 is 4.56. The molecular formula is C8H7Cl2NO2. The summed E-state index contributed by atoms with van der Waals surface area (Å²) in [6, 6.07) is 4.91. The fourth-order valence-electron chi connectivity index (χ4n) is 0.788. The molecule has 0 fully saturated rings. The number of nitrogens with two attached hydrogens (primary N) is 1. The van der Waals surface area contributed by atoms with E-state index in [0.717, 1.165) is 0 Å². The van der Waals surface area contributed by atoms with E-state index >= 15 is 0 Å². The number of amides is 1. The molecule has 3 nitrogen and oxygen atoms in total. The number of hydrogen-bond donors (Lipinski definition) is 1. The number of carbonyl (C=O) groups is 1. The summed E-state index contributed by atoms with van der Waals surface area (Å²) >= 11 is 11.5. The van der Waals surface area contributed by atoms with Gasteiger partial charge in [0.25, 0.3) is 0 Å². The molecule has 0 saturated heterocycles. The molecular weight excluding hydrogens is 213 g/mol. The van der Waals surface area contributed by atoms with Crippen molar-refractivity contribution in [3.8, 4) is 0 Å². The first-order valence-corrected chi connectivity index (χ1v) is 4.21. The van der Waals surface area contributed by atoms with Crippen molar-refractivity contribution in [1.82, 2.24) is 0 Å². The van der Waals surface area contributed by atoms with Crippen LogP contribution in [0.5, 0.6) is 0 Å². The Hall–Kier alpha value is -0.930. The lowest BCUT2D eigenvalue weighted by atomic mass is 10.2. The molecule has 1 aromatic carbocycles. The maximum Gasteiger partial charge on any atom is 0.404 e. The molecule has 0 spiro atoms. The van der Waals surface area contributed by atoms with Crippen LogP contribution in [0.4, 0.5) is 4.79 Å². The smallest absolute Gasteiger partial charge is 0.404 e. The molecule has 0 aliphatic heterocycles. The second-order valence-electron chi connectivity index (χ2n) is 2.34. The molecule has 5 heteroatoms. The Balaban J connectivity index is 2.72. The molecule has 1 rings (SSSR count). The average Bonchev–Trinajstić information content (AvgIpc) is 2.02. The van der Waals surface area contributed by atoms with Gasteiger partial charge in [-0.05, 0) is 12.1 Å². The van der Waals surface area contributed by atoms with Crippen LogP contribution in [-0.4, -0.2) is 6.09 Å². The van der Waals surface area contributed by atoms with E-state index in [2.05, 4.69) is 4.74 Å². The normalized spacial score (nSPS) is 9.69. The molecule has 1 aromatic rings. The summed E-state index contributed by atoms with van der Waals surface area (Å²) in [5.41, 5.74) is 5.46. The van der Waals surface area contributed by atoms with Gasteiger partial charge in [-0.1, -0.05) is 29.3 Å². The quantitative estimate of drug-likeness (QED) is 0.832. The van der Waals surface area contributed by atoms with E-state index in [-0.39, 0.29) is 6.61 Å². The molecule has 0 aliphatic carbocycles. The number of carbonyl (C=O) groups excluding carboxylic acids is 1. The third-order valence-corrected chi connectivity index (χ3v) is 1.97. The van der Waals surface area contributed by atoms with Gasteiger partial charge in [0.05, 0.1) is 0 Å².